The van der Waals surface area contributed by atoms with Crippen LogP contribution in [0, 0.1) is 0 Å². The van der Waals surface area contributed by atoms with Crippen LogP contribution in [0.5, 0.6) is 5.75 Å². The van der Waals surface area contributed by atoms with Gasteiger partial charge in [-0.3, -0.25) is 10.1 Å². The number of amides is 3. The van der Waals surface area contributed by atoms with E-state index in [9.17, 15) is 9.59 Å². The topological polar surface area (TPSA) is 92.4 Å². The van der Waals surface area contributed by atoms with Crippen molar-refractivity contribution in [2.24, 2.45) is 0 Å². The number of anilines is 3. The molecule has 0 radical (unpaired) electrons. The van der Waals surface area contributed by atoms with Crippen molar-refractivity contribution in [1.29, 1.82) is 0 Å². The summed E-state index contributed by atoms with van der Waals surface area (Å²) < 4.78 is 5.07. The minimum absolute atomic E-state index is 0.223. The molecule has 0 fully saturated rings. The van der Waals surface area contributed by atoms with Crippen LogP contribution in [-0.2, 0) is 0 Å². The number of benzene rings is 2. The molecule has 3 rings (SSSR count). The van der Waals surface area contributed by atoms with Gasteiger partial charge in [0.05, 0.1) is 7.11 Å². The monoisotopic (exact) mass is 368 g/mol. The lowest BCUT2D eigenvalue weighted by Gasteiger charge is -2.05. The van der Waals surface area contributed by atoms with Crippen LogP contribution in [0.2, 0.25) is 0 Å². The number of carbonyl (C=O) groups is 2. The Labute approximate surface area is 154 Å². The van der Waals surface area contributed by atoms with E-state index in [0.29, 0.717) is 22.3 Å². The van der Waals surface area contributed by atoms with E-state index in [1.165, 1.54) is 11.3 Å². The van der Waals surface area contributed by atoms with Crippen molar-refractivity contribution < 1.29 is 14.3 Å². The first-order valence-corrected chi connectivity index (χ1v) is 8.56. The Bertz CT molecular complexity index is 894. The van der Waals surface area contributed by atoms with Crippen LogP contribution in [0.15, 0.2) is 60.0 Å². The van der Waals surface area contributed by atoms with Crippen LogP contribution >= 0.6 is 11.3 Å². The summed E-state index contributed by atoms with van der Waals surface area (Å²) in [6.45, 7) is 0. The molecule has 132 valence electrons. The van der Waals surface area contributed by atoms with Crippen molar-refractivity contribution in [3.8, 4) is 5.75 Å². The Morgan fingerprint density at radius 2 is 1.62 bits per heavy atom. The third-order valence-corrected chi connectivity index (χ3v) is 4.09. The Morgan fingerprint density at radius 3 is 2.31 bits per heavy atom. The first kappa shape index (κ1) is 17.4. The van der Waals surface area contributed by atoms with Gasteiger partial charge in [-0.2, -0.15) is 0 Å². The Morgan fingerprint density at radius 1 is 0.923 bits per heavy atom. The molecule has 7 nitrogen and oxygen atoms in total. The summed E-state index contributed by atoms with van der Waals surface area (Å²) in [4.78, 5) is 28.3. The van der Waals surface area contributed by atoms with E-state index in [0.717, 1.165) is 0 Å². The molecule has 0 saturated heterocycles. The molecule has 1 aromatic heterocycles. The lowest BCUT2D eigenvalue weighted by Crippen LogP contribution is -2.19. The van der Waals surface area contributed by atoms with Gasteiger partial charge in [0.15, 0.2) is 5.13 Å². The third-order valence-electron chi connectivity index (χ3n) is 3.34. The number of ether oxygens (including phenoxy) is 1. The van der Waals surface area contributed by atoms with Crippen molar-refractivity contribution in [3.05, 3.63) is 65.7 Å². The number of nitrogens with zero attached hydrogens (tertiary/aromatic N) is 1. The maximum absolute atomic E-state index is 12.2. The lowest BCUT2D eigenvalue weighted by molar-refractivity contribution is 0.102. The van der Waals surface area contributed by atoms with Crippen molar-refractivity contribution in [2.75, 3.05) is 23.1 Å². The Hall–Kier alpha value is -3.39. The molecule has 3 N–H and O–H groups in total. The lowest BCUT2D eigenvalue weighted by atomic mass is 10.3. The van der Waals surface area contributed by atoms with Crippen LogP contribution in [-0.4, -0.2) is 24.0 Å². The molecule has 0 unspecified atom stereocenters. The minimum Gasteiger partial charge on any atom is -0.497 e. The molecule has 0 bridgehead atoms. The number of hydrogen-bond donors (Lipinski definition) is 3. The summed E-state index contributed by atoms with van der Waals surface area (Å²) >= 11 is 1.17. The standard InChI is InChI=1S/C18H16N4O3S/c1-25-14-9-7-13(8-10-14)19-16(23)15-11-26-18(21-15)22-17(24)20-12-5-3-2-4-6-12/h2-11H,1H3,(H,19,23)(H2,20,21,22,24). The Kier molecular flexibility index (Phi) is 5.45. The summed E-state index contributed by atoms with van der Waals surface area (Å²) in [5.41, 5.74) is 1.51. The zero-order valence-electron chi connectivity index (χ0n) is 13.9. The molecule has 26 heavy (non-hydrogen) atoms. The van der Waals surface area contributed by atoms with Crippen LogP contribution in [0.4, 0.5) is 21.3 Å². The summed E-state index contributed by atoms with van der Waals surface area (Å²) in [6, 6.07) is 15.6. The first-order chi connectivity index (χ1) is 12.6. The van der Waals surface area contributed by atoms with Crippen molar-refractivity contribution in [3.63, 3.8) is 0 Å². The van der Waals surface area contributed by atoms with Gasteiger partial charge in [0.1, 0.15) is 11.4 Å². The predicted octanol–water partition coefficient (Wildman–Crippen LogP) is 4.05. The van der Waals surface area contributed by atoms with E-state index in [1.807, 2.05) is 18.2 Å². The Balaban J connectivity index is 1.58. The van der Waals surface area contributed by atoms with Gasteiger partial charge in [0, 0.05) is 16.8 Å². The summed E-state index contributed by atoms with van der Waals surface area (Å²) in [5, 5.41) is 9.94. The zero-order chi connectivity index (χ0) is 18.4. The van der Waals surface area contributed by atoms with Crippen molar-refractivity contribution >= 4 is 39.8 Å². The van der Waals surface area contributed by atoms with E-state index >= 15 is 0 Å². The number of para-hydroxylation sites is 1. The van der Waals surface area contributed by atoms with E-state index in [-0.39, 0.29) is 11.6 Å². The van der Waals surface area contributed by atoms with Crippen LogP contribution < -0.4 is 20.7 Å². The molecule has 0 aliphatic rings. The molecule has 0 spiro atoms. The molecule has 1 heterocycles. The number of rotatable bonds is 5. The molecule has 0 aliphatic carbocycles. The molecule has 0 atom stereocenters. The molecule has 2 aromatic carbocycles. The van der Waals surface area contributed by atoms with Crippen LogP contribution in [0.3, 0.4) is 0 Å². The average Bonchev–Trinajstić information content (AvgIpc) is 3.11. The molecule has 3 amide bonds. The molecular formula is C18H16N4O3S. The second-order valence-electron chi connectivity index (χ2n) is 5.17. The molecule has 8 heteroatoms. The van der Waals surface area contributed by atoms with E-state index in [1.54, 1.807) is 48.9 Å². The minimum atomic E-state index is -0.423. The van der Waals surface area contributed by atoms with Gasteiger partial charge in [0.2, 0.25) is 0 Å². The van der Waals surface area contributed by atoms with Gasteiger partial charge >= 0.3 is 6.03 Å². The van der Waals surface area contributed by atoms with Crippen LogP contribution in [0.25, 0.3) is 0 Å². The van der Waals surface area contributed by atoms with Gasteiger partial charge in [-0.05, 0) is 36.4 Å². The average molecular weight is 368 g/mol. The fraction of sp³-hybridized carbons (Fsp3) is 0.0556. The molecule has 3 aromatic rings. The number of urea groups is 1. The van der Waals surface area contributed by atoms with E-state index in [2.05, 4.69) is 20.9 Å². The fourth-order valence-electron chi connectivity index (χ4n) is 2.09. The zero-order valence-corrected chi connectivity index (χ0v) is 14.7. The van der Waals surface area contributed by atoms with Gasteiger partial charge in [-0.1, -0.05) is 18.2 Å². The number of hydrogen-bond acceptors (Lipinski definition) is 5. The van der Waals surface area contributed by atoms with Gasteiger partial charge in [-0.25, -0.2) is 9.78 Å². The summed E-state index contributed by atoms with van der Waals surface area (Å²) in [6.07, 6.45) is 0. The largest absolute Gasteiger partial charge is 0.497 e. The van der Waals surface area contributed by atoms with Gasteiger partial charge < -0.3 is 15.4 Å². The van der Waals surface area contributed by atoms with Gasteiger partial charge in [-0.15, -0.1) is 11.3 Å². The highest BCUT2D eigenvalue weighted by atomic mass is 32.1. The predicted molar refractivity (Wildman–Crippen MR) is 102 cm³/mol. The smallest absolute Gasteiger partial charge is 0.325 e. The number of methoxy groups -OCH3 is 1. The summed E-state index contributed by atoms with van der Waals surface area (Å²) in [7, 11) is 1.57. The first-order valence-electron chi connectivity index (χ1n) is 7.68. The number of thiazole rings is 1. The molecular weight excluding hydrogens is 352 g/mol. The highest BCUT2D eigenvalue weighted by molar-refractivity contribution is 7.14. The molecule has 0 saturated carbocycles. The SMILES string of the molecule is COc1ccc(NC(=O)c2csc(NC(=O)Nc3ccccc3)n2)cc1. The highest BCUT2D eigenvalue weighted by Crippen LogP contribution is 2.19. The second-order valence-corrected chi connectivity index (χ2v) is 6.02. The van der Waals surface area contributed by atoms with E-state index in [4.69, 9.17) is 4.74 Å². The molecule has 0 aliphatic heterocycles. The maximum Gasteiger partial charge on any atom is 0.325 e. The van der Waals surface area contributed by atoms with E-state index < -0.39 is 6.03 Å². The normalized spacial score (nSPS) is 10.0. The third kappa shape index (κ3) is 4.58. The second kappa shape index (κ2) is 8.13. The van der Waals surface area contributed by atoms with Crippen LogP contribution in [0.1, 0.15) is 10.5 Å². The highest BCUT2D eigenvalue weighted by Gasteiger charge is 2.13. The van der Waals surface area contributed by atoms with Crippen molar-refractivity contribution in [2.45, 2.75) is 0 Å². The fourth-order valence-corrected chi connectivity index (χ4v) is 2.77. The number of carbonyl (C=O) groups excluding carboxylic acids is 2. The maximum atomic E-state index is 12.2. The summed E-state index contributed by atoms with van der Waals surface area (Å²) in [5.74, 6) is 0.343. The number of aromatic nitrogens is 1. The van der Waals surface area contributed by atoms with Gasteiger partial charge in [0.25, 0.3) is 5.91 Å². The quantitative estimate of drug-likeness (QED) is 0.633. The van der Waals surface area contributed by atoms with Crippen molar-refractivity contribution in [1.82, 2.24) is 4.98 Å². The number of nitrogens with one attached hydrogen (secondary N) is 3.